The molecule has 3 heterocycles. The summed E-state index contributed by atoms with van der Waals surface area (Å²) in [5, 5.41) is 4.35. The number of sulfonamides is 1. The predicted molar refractivity (Wildman–Crippen MR) is 87.3 cm³/mol. The van der Waals surface area contributed by atoms with Gasteiger partial charge in [0.25, 0.3) is 10.0 Å². The van der Waals surface area contributed by atoms with Crippen LogP contribution in [0.2, 0.25) is 0 Å². The molecule has 0 radical (unpaired) electrons. The molecule has 1 N–H and O–H groups in total. The largest absolute Gasteiger partial charge is 0.291 e. The van der Waals surface area contributed by atoms with Crippen LogP contribution in [0, 0.1) is 0 Å². The summed E-state index contributed by atoms with van der Waals surface area (Å²) in [6, 6.07) is 5.09. The number of aromatic nitrogens is 5. The molecule has 8 nitrogen and oxygen atoms in total. The molecule has 24 heavy (non-hydrogen) atoms. The molecule has 0 amide bonds. The maximum absolute atomic E-state index is 12.6. The Labute approximate surface area is 139 Å². The summed E-state index contributed by atoms with van der Waals surface area (Å²) in [5.41, 5.74) is 0.403. The smallest absolute Gasteiger partial charge is 0.279 e. The van der Waals surface area contributed by atoms with E-state index in [1.165, 1.54) is 18.5 Å². The third-order valence-corrected chi connectivity index (χ3v) is 5.48. The summed E-state index contributed by atoms with van der Waals surface area (Å²) in [5.74, 6) is 0.662. The van der Waals surface area contributed by atoms with Gasteiger partial charge in [-0.25, -0.2) is 14.6 Å². The van der Waals surface area contributed by atoms with Gasteiger partial charge in [-0.2, -0.15) is 13.5 Å². The van der Waals surface area contributed by atoms with Crippen LogP contribution in [0.25, 0.3) is 5.82 Å². The van der Waals surface area contributed by atoms with E-state index >= 15 is 0 Å². The lowest BCUT2D eigenvalue weighted by Gasteiger charge is -2.27. The monoisotopic (exact) mass is 344 g/mol. The molecule has 0 aromatic carbocycles. The van der Waals surface area contributed by atoms with Gasteiger partial charge in [0.1, 0.15) is 12.1 Å². The van der Waals surface area contributed by atoms with Crippen molar-refractivity contribution >= 4 is 15.7 Å². The fourth-order valence-corrected chi connectivity index (χ4v) is 3.84. The zero-order valence-corrected chi connectivity index (χ0v) is 13.6. The zero-order valence-electron chi connectivity index (χ0n) is 12.8. The van der Waals surface area contributed by atoms with E-state index in [1.807, 2.05) is 0 Å². The van der Waals surface area contributed by atoms with Crippen LogP contribution < -0.4 is 4.72 Å². The number of imidazole rings is 1. The minimum atomic E-state index is -3.70. The molecule has 0 saturated heterocycles. The number of hydrogen-bond donors (Lipinski definition) is 1. The summed E-state index contributed by atoms with van der Waals surface area (Å²) in [6.45, 7) is 0. The van der Waals surface area contributed by atoms with Crippen molar-refractivity contribution < 1.29 is 8.42 Å². The first kappa shape index (κ1) is 14.9. The fourth-order valence-electron chi connectivity index (χ4n) is 2.62. The van der Waals surface area contributed by atoms with Gasteiger partial charge in [-0.3, -0.25) is 9.29 Å². The van der Waals surface area contributed by atoms with Gasteiger partial charge in [0.15, 0.2) is 5.03 Å². The summed E-state index contributed by atoms with van der Waals surface area (Å²) >= 11 is 0. The third-order valence-electron chi connectivity index (χ3n) is 4.10. The van der Waals surface area contributed by atoms with Crippen molar-refractivity contribution in [3.63, 3.8) is 0 Å². The molecule has 0 aliphatic heterocycles. The molecule has 1 aliphatic rings. The van der Waals surface area contributed by atoms with Crippen LogP contribution in [-0.2, 0) is 10.0 Å². The highest BCUT2D eigenvalue weighted by Gasteiger charge is 2.27. The summed E-state index contributed by atoms with van der Waals surface area (Å²) in [4.78, 5) is 8.20. The summed E-state index contributed by atoms with van der Waals surface area (Å²) < 4.78 is 31.2. The number of hydrogen-bond acceptors (Lipinski definition) is 5. The molecule has 1 saturated carbocycles. The minimum absolute atomic E-state index is 0.174. The molecular formula is C15H16N6O2S. The molecule has 124 valence electrons. The van der Waals surface area contributed by atoms with Crippen molar-refractivity contribution in [2.45, 2.75) is 30.3 Å². The standard InChI is InChI=1S/C15H16N6O2S/c22-24(23,15-6-7-18-21(15)13-2-1-3-13)19-12-4-5-14(17-10-12)20-9-8-16-11-20/h4-11,13,19H,1-3H2. The van der Waals surface area contributed by atoms with Crippen LogP contribution >= 0.6 is 0 Å². The Balaban J connectivity index is 1.57. The molecule has 0 spiro atoms. The van der Waals surface area contributed by atoms with Crippen molar-refractivity contribution in [1.29, 1.82) is 0 Å². The molecule has 0 unspecified atom stereocenters. The normalized spacial score (nSPS) is 15.2. The van der Waals surface area contributed by atoms with Crippen molar-refractivity contribution in [2.75, 3.05) is 4.72 Å². The van der Waals surface area contributed by atoms with Crippen LogP contribution in [0.3, 0.4) is 0 Å². The molecule has 0 bridgehead atoms. The lowest BCUT2D eigenvalue weighted by molar-refractivity contribution is 0.271. The van der Waals surface area contributed by atoms with Crippen LogP contribution in [-0.4, -0.2) is 32.7 Å². The number of nitrogens with one attached hydrogen (secondary N) is 1. The second kappa shape index (κ2) is 5.75. The van der Waals surface area contributed by atoms with Crippen molar-refractivity contribution in [3.8, 4) is 5.82 Å². The highest BCUT2D eigenvalue weighted by molar-refractivity contribution is 7.92. The lowest BCUT2D eigenvalue weighted by atomic mass is 9.93. The second-order valence-electron chi connectivity index (χ2n) is 5.68. The topological polar surface area (TPSA) is 94.7 Å². The molecule has 4 rings (SSSR count). The lowest BCUT2D eigenvalue weighted by Crippen LogP contribution is -2.24. The zero-order chi connectivity index (χ0) is 16.6. The van der Waals surface area contributed by atoms with Crippen molar-refractivity contribution in [3.05, 3.63) is 49.3 Å². The minimum Gasteiger partial charge on any atom is -0.291 e. The number of rotatable bonds is 5. The van der Waals surface area contributed by atoms with E-state index < -0.39 is 10.0 Å². The highest BCUT2D eigenvalue weighted by atomic mass is 32.2. The fraction of sp³-hybridized carbons (Fsp3) is 0.267. The Morgan fingerprint density at radius 1 is 1.17 bits per heavy atom. The van der Waals surface area contributed by atoms with Gasteiger partial charge in [0.2, 0.25) is 0 Å². The van der Waals surface area contributed by atoms with Gasteiger partial charge in [-0.15, -0.1) is 0 Å². The van der Waals surface area contributed by atoms with Gasteiger partial charge in [-0.05, 0) is 37.5 Å². The van der Waals surface area contributed by atoms with E-state index in [9.17, 15) is 8.42 Å². The molecule has 9 heteroatoms. The van der Waals surface area contributed by atoms with Crippen LogP contribution in [0.1, 0.15) is 25.3 Å². The van der Waals surface area contributed by atoms with Gasteiger partial charge in [0.05, 0.1) is 24.1 Å². The first-order valence-corrected chi connectivity index (χ1v) is 9.12. The van der Waals surface area contributed by atoms with E-state index in [4.69, 9.17) is 0 Å². The van der Waals surface area contributed by atoms with E-state index in [-0.39, 0.29) is 11.1 Å². The van der Waals surface area contributed by atoms with Gasteiger partial charge >= 0.3 is 0 Å². The predicted octanol–water partition coefficient (Wildman–Crippen LogP) is 1.99. The first-order valence-electron chi connectivity index (χ1n) is 7.64. The van der Waals surface area contributed by atoms with Crippen LogP contribution in [0.4, 0.5) is 5.69 Å². The van der Waals surface area contributed by atoms with Gasteiger partial charge in [-0.1, -0.05) is 0 Å². The van der Waals surface area contributed by atoms with E-state index in [0.29, 0.717) is 11.5 Å². The maximum Gasteiger partial charge on any atom is 0.279 e. The molecule has 1 fully saturated rings. The average Bonchev–Trinajstić information content (AvgIpc) is 3.17. The molecule has 3 aromatic rings. The van der Waals surface area contributed by atoms with Crippen LogP contribution in [0.15, 0.2) is 54.3 Å². The maximum atomic E-state index is 12.6. The van der Waals surface area contributed by atoms with E-state index in [1.54, 1.807) is 40.1 Å². The third kappa shape index (κ3) is 2.67. The molecule has 3 aromatic heterocycles. The van der Waals surface area contributed by atoms with Gasteiger partial charge < -0.3 is 0 Å². The van der Waals surface area contributed by atoms with Crippen molar-refractivity contribution in [1.82, 2.24) is 24.3 Å². The van der Waals surface area contributed by atoms with E-state index in [0.717, 1.165) is 19.3 Å². The molecule has 0 atom stereocenters. The molecular weight excluding hydrogens is 328 g/mol. The SMILES string of the molecule is O=S(=O)(Nc1ccc(-n2ccnc2)nc1)c1ccnn1C1CCC1. The quantitative estimate of drug-likeness (QED) is 0.764. The average molecular weight is 344 g/mol. The highest BCUT2D eigenvalue weighted by Crippen LogP contribution is 2.33. The Morgan fingerprint density at radius 2 is 2.04 bits per heavy atom. The summed E-state index contributed by atoms with van der Waals surface area (Å²) in [6.07, 6.45) is 11.1. The Hall–Kier alpha value is -2.68. The second-order valence-corrected chi connectivity index (χ2v) is 7.31. The number of anilines is 1. The first-order chi connectivity index (χ1) is 11.6. The Bertz CT molecular complexity index is 927. The summed E-state index contributed by atoms with van der Waals surface area (Å²) in [7, 11) is -3.70. The Kier molecular flexibility index (Phi) is 3.57. The van der Waals surface area contributed by atoms with Gasteiger partial charge in [0, 0.05) is 12.4 Å². The number of pyridine rings is 1. The van der Waals surface area contributed by atoms with E-state index in [2.05, 4.69) is 19.8 Å². The van der Waals surface area contributed by atoms with Crippen molar-refractivity contribution in [2.24, 2.45) is 0 Å². The Morgan fingerprint density at radius 3 is 2.67 bits per heavy atom. The molecule has 1 aliphatic carbocycles. The number of nitrogens with zero attached hydrogens (tertiary/aromatic N) is 5. The van der Waals surface area contributed by atoms with Crippen LogP contribution in [0.5, 0.6) is 0 Å².